The van der Waals surface area contributed by atoms with Crippen molar-refractivity contribution >= 4 is 29.9 Å². The number of esters is 1. The van der Waals surface area contributed by atoms with Crippen molar-refractivity contribution in [1.82, 2.24) is 15.8 Å². The van der Waals surface area contributed by atoms with Crippen molar-refractivity contribution in [2.24, 2.45) is 0 Å². The second kappa shape index (κ2) is 16.0. The first-order chi connectivity index (χ1) is 21.4. The van der Waals surface area contributed by atoms with E-state index in [9.17, 15) is 19.2 Å². The maximum Gasteiger partial charge on any atom is 0.430 e. The van der Waals surface area contributed by atoms with Gasteiger partial charge in [0, 0.05) is 19.8 Å². The summed E-state index contributed by atoms with van der Waals surface area (Å²) in [5.41, 5.74) is 4.06. The lowest BCUT2D eigenvalue weighted by Gasteiger charge is -2.35. The number of carbonyl (C=O) groups excluding carboxylic acids is 4. The maximum atomic E-state index is 13.7. The Morgan fingerprint density at radius 2 is 1.29 bits per heavy atom. The number of anilines is 1. The van der Waals surface area contributed by atoms with Crippen LogP contribution < -0.4 is 15.6 Å². The fourth-order valence-corrected chi connectivity index (χ4v) is 4.14. The van der Waals surface area contributed by atoms with Gasteiger partial charge in [0.25, 0.3) is 0 Å². The van der Waals surface area contributed by atoms with Crippen LogP contribution in [-0.4, -0.2) is 62.1 Å². The number of methoxy groups -OCH3 is 1. The number of hydrogen-bond acceptors (Lipinski definition) is 9. The van der Waals surface area contributed by atoms with Crippen molar-refractivity contribution in [3.63, 3.8) is 0 Å². The van der Waals surface area contributed by atoms with E-state index in [2.05, 4.69) is 10.7 Å². The second-order valence-corrected chi connectivity index (χ2v) is 11.2. The van der Waals surface area contributed by atoms with Gasteiger partial charge in [0.1, 0.15) is 18.8 Å². The number of amides is 3. The van der Waals surface area contributed by atoms with E-state index in [0.29, 0.717) is 21.7 Å². The van der Waals surface area contributed by atoms with Gasteiger partial charge < -0.3 is 29.2 Å². The Balaban J connectivity index is 2.02. The number of hydrogen-bond donors (Lipinski definition) is 2. The first-order valence-corrected chi connectivity index (χ1v) is 14.2. The zero-order valence-corrected chi connectivity index (χ0v) is 26.3. The summed E-state index contributed by atoms with van der Waals surface area (Å²) in [6, 6.07) is 21.7. The Hall–Kier alpha value is -5.26. The van der Waals surface area contributed by atoms with Crippen molar-refractivity contribution in [2.75, 3.05) is 26.1 Å². The summed E-state index contributed by atoms with van der Waals surface area (Å²) in [4.78, 5) is 55.1. The van der Waals surface area contributed by atoms with Gasteiger partial charge in [-0.2, -0.15) is 5.01 Å². The van der Waals surface area contributed by atoms with Gasteiger partial charge in [-0.05, 0) is 49.6 Å². The van der Waals surface area contributed by atoms with Crippen LogP contribution in [0.5, 0.6) is 0 Å². The molecule has 0 bridgehead atoms. The number of carbonyl (C=O) groups is 4. The first kappa shape index (κ1) is 34.2. The van der Waals surface area contributed by atoms with Gasteiger partial charge in [-0.1, -0.05) is 72.8 Å². The van der Waals surface area contributed by atoms with Crippen molar-refractivity contribution < 1.29 is 38.1 Å². The molecule has 12 heteroatoms. The molecule has 0 fully saturated rings. The van der Waals surface area contributed by atoms with E-state index < -0.39 is 41.9 Å². The highest BCUT2D eigenvalue weighted by molar-refractivity contribution is 5.85. The molecule has 2 N–H and O–H groups in total. The Morgan fingerprint density at radius 1 is 0.756 bits per heavy atom. The van der Waals surface area contributed by atoms with Gasteiger partial charge in [-0.25, -0.2) is 24.6 Å². The molecule has 3 amide bonds. The minimum Gasteiger partial charge on any atom is -0.467 e. The lowest BCUT2D eigenvalue weighted by Crippen LogP contribution is -2.60. The number of ether oxygens (including phenoxy) is 4. The Morgan fingerprint density at radius 3 is 1.78 bits per heavy atom. The molecule has 0 aliphatic rings. The number of hydrazine groups is 1. The molecule has 3 rings (SSSR count). The third-order valence-corrected chi connectivity index (χ3v) is 6.30. The molecule has 0 heterocycles. The average molecular weight is 621 g/mol. The summed E-state index contributed by atoms with van der Waals surface area (Å²) in [5.74, 6) is -0.965. The number of benzene rings is 3. The molecule has 0 aliphatic heterocycles. The normalized spacial score (nSPS) is 12.1. The van der Waals surface area contributed by atoms with Gasteiger partial charge in [-0.3, -0.25) is 0 Å². The molecule has 0 unspecified atom stereocenters. The second-order valence-electron chi connectivity index (χ2n) is 11.2. The largest absolute Gasteiger partial charge is 0.467 e. The minimum atomic E-state index is -1.67. The van der Waals surface area contributed by atoms with E-state index >= 15 is 0 Å². The SMILES string of the molecule is COC(=O)[C@H]([C@H](NC(=O)OC(C)(C)C)c1ccc(N(C)C)cc1)N(NC(=O)OCc1ccccc1)C(=O)OCc1ccccc1. The van der Waals surface area contributed by atoms with Gasteiger partial charge in [0.05, 0.1) is 13.2 Å². The molecule has 0 spiro atoms. The molecule has 0 saturated carbocycles. The molecule has 3 aromatic carbocycles. The van der Waals surface area contributed by atoms with Crippen LogP contribution in [0, 0.1) is 0 Å². The molecule has 0 saturated heterocycles. The fraction of sp³-hybridized carbons (Fsp3) is 0.333. The van der Waals surface area contributed by atoms with Crippen LogP contribution in [-0.2, 0) is 37.0 Å². The monoisotopic (exact) mass is 620 g/mol. The van der Waals surface area contributed by atoms with Crippen LogP contribution in [0.1, 0.15) is 43.5 Å². The summed E-state index contributed by atoms with van der Waals surface area (Å²) in [6.45, 7) is 4.76. The van der Waals surface area contributed by atoms with Crippen LogP contribution in [0.15, 0.2) is 84.9 Å². The van der Waals surface area contributed by atoms with Crippen LogP contribution >= 0.6 is 0 Å². The quantitative estimate of drug-likeness (QED) is 0.175. The highest BCUT2D eigenvalue weighted by Crippen LogP contribution is 2.26. The molecule has 0 aliphatic carbocycles. The molecule has 0 aromatic heterocycles. The van der Waals surface area contributed by atoms with E-state index in [-0.39, 0.29) is 13.2 Å². The Kier molecular flexibility index (Phi) is 12.2. The van der Waals surface area contributed by atoms with Gasteiger partial charge in [0.15, 0.2) is 6.04 Å². The van der Waals surface area contributed by atoms with Gasteiger partial charge >= 0.3 is 24.2 Å². The summed E-state index contributed by atoms with van der Waals surface area (Å²) in [6.07, 6.45) is -3.03. The molecule has 0 radical (unpaired) electrons. The van der Waals surface area contributed by atoms with E-state index in [0.717, 1.165) is 12.8 Å². The zero-order valence-electron chi connectivity index (χ0n) is 26.3. The molecule has 3 aromatic rings. The lowest BCUT2D eigenvalue weighted by molar-refractivity contribution is -0.148. The fourth-order valence-electron chi connectivity index (χ4n) is 4.14. The van der Waals surface area contributed by atoms with E-state index in [1.54, 1.807) is 93.6 Å². The average Bonchev–Trinajstić information content (AvgIpc) is 3.01. The minimum absolute atomic E-state index is 0.117. The summed E-state index contributed by atoms with van der Waals surface area (Å²) < 4.78 is 21.4. The van der Waals surface area contributed by atoms with Crippen LogP contribution in [0.25, 0.3) is 0 Å². The number of nitrogens with one attached hydrogen (secondary N) is 2. The van der Waals surface area contributed by atoms with Gasteiger partial charge in [0.2, 0.25) is 0 Å². The predicted octanol–water partition coefficient (Wildman–Crippen LogP) is 5.34. The summed E-state index contributed by atoms with van der Waals surface area (Å²) in [7, 11) is 4.84. The highest BCUT2D eigenvalue weighted by Gasteiger charge is 2.42. The topological polar surface area (TPSA) is 136 Å². The Bertz CT molecular complexity index is 1410. The molecule has 2 atom stereocenters. The van der Waals surface area contributed by atoms with Crippen molar-refractivity contribution in [1.29, 1.82) is 0 Å². The summed E-state index contributed by atoms with van der Waals surface area (Å²) in [5, 5.41) is 3.33. The molecule has 45 heavy (non-hydrogen) atoms. The van der Waals surface area contributed by atoms with Crippen molar-refractivity contribution in [2.45, 2.75) is 51.7 Å². The highest BCUT2D eigenvalue weighted by atomic mass is 16.6. The standard InChI is InChI=1S/C33H40N4O8/c1-33(2,3)45-30(39)34-27(25-17-19-26(20-18-25)36(4)5)28(29(38)42-6)37(32(41)44-22-24-15-11-8-12-16-24)35-31(40)43-21-23-13-9-7-10-14-23/h7-20,27-28H,21-22H2,1-6H3,(H,34,39)(H,35,40)/t27-,28+/m1/s1. The molecular weight excluding hydrogens is 580 g/mol. The van der Waals surface area contributed by atoms with Crippen LogP contribution in [0.4, 0.5) is 20.1 Å². The smallest absolute Gasteiger partial charge is 0.430 e. The van der Waals surface area contributed by atoms with Crippen molar-refractivity contribution in [3.05, 3.63) is 102 Å². The zero-order chi connectivity index (χ0) is 33.0. The van der Waals surface area contributed by atoms with E-state index in [1.165, 1.54) is 0 Å². The Labute approximate surface area is 263 Å². The number of rotatable bonds is 10. The lowest BCUT2D eigenvalue weighted by atomic mass is 9.98. The molecular formula is C33H40N4O8. The van der Waals surface area contributed by atoms with Gasteiger partial charge in [-0.15, -0.1) is 0 Å². The first-order valence-electron chi connectivity index (χ1n) is 14.2. The maximum absolute atomic E-state index is 13.7. The third kappa shape index (κ3) is 10.8. The van der Waals surface area contributed by atoms with Crippen LogP contribution in [0.3, 0.4) is 0 Å². The molecule has 240 valence electrons. The molecule has 12 nitrogen and oxygen atoms in total. The summed E-state index contributed by atoms with van der Waals surface area (Å²) >= 11 is 0. The van der Waals surface area contributed by atoms with E-state index in [4.69, 9.17) is 18.9 Å². The number of nitrogens with zero attached hydrogens (tertiary/aromatic N) is 2. The third-order valence-electron chi connectivity index (χ3n) is 6.30. The van der Waals surface area contributed by atoms with E-state index in [1.807, 2.05) is 31.1 Å². The van der Waals surface area contributed by atoms with Crippen LogP contribution in [0.2, 0.25) is 0 Å². The predicted molar refractivity (Wildman–Crippen MR) is 167 cm³/mol. The van der Waals surface area contributed by atoms with Crippen molar-refractivity contribution in [3.8, 4) is 0 Å². The number of alkyl carbamates (subject to hydrolysis) is 1.